The molecule has 3 aromatic rings. The number of aromatic nitrogens is 4. The van der Waals surface area contributed by atoms with E-state index in [-0.39, 0.29) is 36.0 Å². The normalized spacial score (nSPS) is 23.5. The third-order valence-corrected chi connectivity index (χ3v) is 9.10. The first-order valence-electron chi connectivity index (χ1n) is 11.1. The summed E-state index contributed by atoms with van der Waals surface area (Å²) in [4.78, 5) is 48.4. The van der Waals surface area contributed by atoms with E-state index in [1.165, 1.54) is 10.9 Å². The Bertz CT molecular complexity index is 1490. The highest BCUT2D eigenvalue weighted by Crippen LogP contribution is 2.66. The molecule has 4 rings (SSSR count). The molecule has 1 aliphatic heterocycles. The highest BCUT2D eigenvalue weighted by molar-refractivity contribution is 7.66. The van der Waals surface area contributed by atoms with E-state index in [0.29, 0.717) is 5.56 Å². The molecular formula is C18H24N5O14P3. The maximum Gasteiger partial charge on any atom is 0.490 e. The van der Waals surface area contributed by atoms with Gasteiger partial charge in [-0.3, -0.25) is 9.09 Å². The predicted octanol–water partition coefficient (Wildman–Crippen LogP) is 0.513. The lowest BCUT2D eigenvalue weighted by atomic mass is 10.1. The molecule has 220 valence electrons. The van der Waals surface area contributed by atoms with Gasteiger partial charge < -0.3 is 45.0 Å². The maximum atomic E-state index is 12.0. The van der Waals surface area contributed by atoms with Crippen molar-refractivity contribution in [3.05, 3.63) is 42.2 Å². The van der Waals surface area contributed by atoms with Crippen molar-refractivity contribution in [3.8, 4) is 5.88 Å². The number of nitrogen functional groups attached to an aromatic ring is 1. The van der Waals surface area contributed by atoms with Gasteiger partial charge in [-0.2, -0.15) is 18.6 Å². The number of benzene rings is 1. The van der Waals surface area contributed by atoms with Gasteiger partial charge in [0.05, 0.1) is 19.0 Å². The van der Waals surface area contributed by atoms with Gasteiger partial charge in [-0.25, -0.2) is 18.7 Å². The number of aliphatic hydroxyl groups is 2. The molecule has 22 heteroatoms. The first kappa shape index (κ1) is 30.6. The van der Waals surface area contributed by atoms with Crippen LogP contribution in [0.5, 0.6) is 5.88 Å². The van der Waals surface area contributed by atoms with Crippen LogP contribution in [0.4, 0.5) is 5.95 Å². The fraction of sp³-hybridized carbons (Fsp3) is 0.389. The monoisotopic (exact) mass is 627 g/mol. The Labute approximate surface area is 224 Å². The fourth-order valence-electron chi connectivity index (χ4n) is 3.65. The van der Waals surface area contributed by atoms with Crippen LogP contribution >= 0.6 is 23.5 Å². The van der Waals surface area contributed by atoms with Crippen LogP contribution in [-0.2, 0) is 31.6 Å². The minimum atomic E-state index is -5.70. The van der Waals surface area contributed by atoms with Gasteiger partial charge in [-0.1, -0.05) is 30.3 Å². The largest absolute Gasteiger partial charge is 0.490 e. The van der Waals surface area contributed by atoms with Gasteiger partial charge >= 0.3 is 23.5 Å². The van der Waals surface area contributed by atoms with Crippen molar-refractivity contribution < 1.29 is 66.1 Å². The highest BCUT2D eigenvalue weighted by atomic mass is 31.3. The summed E-state index contributed by atoms with van der Waals surface area (Å²) in [5, 5.41) is 20.8. The lowest BCUT2D eigenvalue weighted by Gasteiger charge is -2.19. The molecule has 0 saturated carbocycles. The molecule has 0 aliphatic carbocycles. The third-order valence-electron chi connectivity index (χ3n) is 5.30. The molecule has 40 heavy (non-hydrogen) atoms. The molecular weight excluding hydrogens is 603 g/mol. The van der Waals surface area contributed by atoms with Gasteiger partial charge in [0.2, 0.25) is 11.8 Å². The number of ether oxygens (including phenoxy) is 2. The summed E-state index contributed by atoms with van der Waals surface area (Å²) in [5.41, 5.74) is 6.73. The van der Waals surface area contributed by atoms with Crippen LogP contribution in [0.15, 0.2) is 36.7 Å². The zero-order valence-corrected chi connectivity index (χ0v) is 22.7. The molecule has 0 bridgehead atoms. The summed E-state index contributed by atoms with van der Waals surface area (Å²) in [5.74, 6) is -0.222. The van der Waals surface area contributed by atoms with Crippen LogP contribution in [0.1, 0.15) is 24.3 Å². The van der Waals surface area contributed by atoms with E-state index in [1.54, 1.807) is 30.3 Å². The number of phosphoric acid groups is 3. The fourth-order valence-corrected chi connectivity index (χ4v) is 6.68. The zero-order valence-electron chi connectivity index (χ0n) is 20.1. The number of fused-ring (bicyclic) bond motifs is 1. The van der Waals surface area contributed by atoms with Crippen molar-refractivity contribution in [2.24, 2.45) is 0 Å². The number of rotatable bonds is 12. The minimum Gasteiger partial charge on any atom is -0.473 e. The van der Waals surface area contributed by atoms with Crippen LogP contribution in [0, 0.1) is 0 Å². The summed E-state index contributed by atoms with van der Waals surface area (Å²) >= 11 is 0. The SMILES string of the molecule is Nc1nc(OC[C@H](O)c2ccccc2)c2ncn([C@H]3C[C@H](O)[C@@H](COP(=O)(O)OP(=O)(O)OP(=O)(O)O)O3)c2n1. The Hall–Kier alpha value is -2.34. The van der Waals surface area contributed by atoms with Crippen molar-refractivity contribution >= 4 is 40.6 Å². The number of hydrogen-bond donors (Lipinski definition) is 7. The van der Waals surface area contributed by atoms with Crippen LogP contribution in [0.3, 0.4) is 0 Å². The molecule has 19 nitrogen and oxygen atoms in total. The van der Waals surface area contributed by atoms with E-state index in [9.17, 15) is 33.7 Å². The molecule has 2 aromatic heterocycles. The first-order chi connectivity index (χ1) is 18.6. The Morgan fingerprint density at radius 1 is 1.07 bits per heavy atom. The van der Waals surface area contributed by atoms with E-state index >= 15 is 0 Å². The summed E-state index contributed by atoms with van der Waals surface area (Å²) in [6, 6.07) is 8.75. The molecule has 0 radical (unpaired) electrons. The summed E-state index contributed by atoms with van der Waals surface area (Å²) in [6.45, 7) is -1.03. The molecule has 1 fully saturated rings. The topological polar surface area (TPSA) is 288 Å². The molecule has 6 atom stereocenters. The minimum absolute atomic E-state index is 0.0287. The second-order valence-electron chi connectivity index (χ2n) is 8.27. The molecule has 1 aliphatic rings. The predicted molar refractivity (Wildman–Crippen MR) is 131 cm³/mol. The van der Waals surface area contributed by atoms with Crippen LogP contribution in [0.2, 0.25) is 0 Å². The maximum absolute atomic E-state index is 12.0. The van der Waals surface area contributed by atoms with Crippen LogP contribution < -0.4 is 10.5 Å². The quantitative estimate of drug-likeness (QED) is 0.135. The number of nitrogens with zero attached hydrogens (tertiary/aromatic N) is 4. The Morgan fingerprint density at radius 2 is 1.77 bits per heavy atom. The second kappa shape index (κ2) is 11.9. The van der Waals surface area contributed by atoms with Crippen LogP contribution in [-0.4, -0.2) is 74.7 Å². The average Bonchev–Trinajstić information content (AvgIpc) is 3.42. The van der Waals surface area contributed by atoms with E-state index in [2.05, 4.69) is 28.1 Å². The number of nitrogens with two attached hydrogens (primary N) is 1. The van der Waals surface area contributed by atoms with Crippen molar-refractivity contribution in [2.75, 3.05) is 18.9 Å². The second-order valence-corrected chi connectivity index (χ2v) is 12.7. The Kier molecular flexibility index (Phi) is 9.09. The van der Waals surface area contributed by atoms with Crippen molar-refractivity contribution in [1.29, 1.82) is 0 Å². The van der Waals surface area contributed by atoms with Gasteiger partial charge in [0.25, 0.3) is 0 Å². The van der Waals surface area contributed by atoms with E-state index in [1.807, 2.05) is 0 Å². The molecule has 0 spiro atoms. The lowest BCUT2D eigenvalue weighted by Crippen LogP contribution is -2.26. The molecule has 2 unspecified atom stereocenters. The highest BCUT2D eigenvalue weighted by Gasteiger charge is 2.43. The smallest absolute Gasteiger partial charge is 0.473 e. The number of aliphatic hydroxyl groups excluding tert-OH is 2. The van der Waals surface area contributed by atoms with E-state index in [0.717, 1.165) is 0 Å². The molecule has 8 N–H and O–H groups in total. The summed E-state index contributed by atoms with van der Waals surface area (Å²) in [7, 11) is -16.7. The Morgan fingerprint density at radius 3 is 2.45 bits per heavy atom. The van der Waals surface area contributed by atoms with Gasteiger partial charge in [0.15, 0.2) is 11.2 Å². The number of anilines is 1. The van der Waals surface area contributed by atoms with E-state index < -0.39 is 54.6 Å². The van der Waals surface area contributed by atoms with Crippen molar-refractivity contribution in [1.82, 2.24) is 19.5 Å². The van der Waals surface area contributed by atoms with E-state index in [4.69, 9.17) is 25.0 Å². The molecule has 1 aromatic carbocycles. The van der Waals surface area contributed by atoms with Gasteiger partial charge in [-0.15, -0.1) is 0 Å². The standard InChI is InChI=1S/C18H24N5O14P3/c19-18-21-16-15(17(22-18)33-7-12(25)10-4-2-1-3-5-10)20-9-23(16)14-6-11(24)13(35-14)8-34-39(29,30)37-40(31,32)36-38(26,27)28/h1-5,9,11-14,24-25H,6-8H2,(H,29,30)(H,31,32)(H2,19,21,22)(H2,26,27,28)/t11-,12-,13+,14+/m0/s1. The molecule has 3 heterocycles. The molecule has 1 saturated heterocycles. The number of phosphoric ester groups is 1. The van der Waals surface area contributed by atoms with Gasteiger partial charge in [0, 0.05) is 6.42 Å². The summed E-state index contributed by atoms with van der Waals surface area (Å²) < 4.78 is 58.7. The third kappa shape index (κ3) is 7.90. The number of imidazole rings is 1. The van der Waals surface area contributed by atoms with Gasteiger partial charge in [-0.05, 0) is 5.56 Å². The van der Waals surface area contributed by atoms with Crippen molar-refractivity contribution in [3.63, 3.8) is 0 Å². The number of hydrogen-bond acceptors (Lipinski definition) is 14. The lowest BCUT2D eigenvalue weighted by molar-refractivity contribution is -0.0423. The average molecular weight is 627 g/mol. The van der Waals surface area contributed by atoms with Crippen molar-refractivity contribution in [2.45, 2.75) is 31.0 Å². The first-order valence-corrected chi connectivity index (χ1v) is 15.6. The summed E-state index contributed by atoms with van der Waals surface area (Å²) in [6.07, 6.45) is -3.29. The Balaban J connectivity index is 1.42. The van der Waals surface area contributed by atoms with Crippen LogP contribution in [0.25, 0.3) is 11.2 Å². The molecule has 0 amide bonds. The van der Waals surface area contributed by atoms with Gasteiger partial charge in [0.1, 0.15) is 25.0 Å². The zero-order chi connectivity index (χ0) is 29.3.